The molecule has 0 aliphatic rings. The van der Waals surface area contributed by atoms with E-state index >= 15 is 0 Å². The molecule has 0 unspecified atom stereocenters. The third-order valence-corrected chi connectivity index (χ3v) is 2.27. The molecule has 0 N–H and O–H groups in total. The largest absolute Gasteiger partial charge is 0.0893 e. The van der Waals surface area contributed by atoms with E-state index in [9.17, 15) is 0 Å². The second-order valence-electron chi connectivity index (χ2n) is 3.39. The maximum absolute atomic E-state index is 8.24. The molecular weight excluding hydrogens is 198 g/mol. The van der Waals surface area contributed by atoms with Crippen molar-refractivity contribution >= 4 is 11.6 Å². The lowest BCUT2D eigenvalue weighted by molar-refractivity contribution is 0.838. The maximum atomic E-state index is 8.24. The van der Waals surface area contributed by atoms with Gasteiger partial charge in [-0.25, -0.2) is 0 Å². The number of rotatable bonds is 3. The highest BCUT2D eigenvalue weighted by Gasteiger charge is 2.06. The Kier molecular flexibility index (Phi) is 3.81. The van der Waals surface area contributed by atoms with Crippen molar-refractivity contribution in [2.24, 2.45) is 5.11 Å². The van der Waals surface area contributed by atoms with Crippen molar-refractivity contribution < 1.29 is 0 Å². The zero-order chi connectivity index (χ0) is 10.6. The number of benzene rings is 1. The zero-order valence-corrected chi connectivity index (χ0v) is 8.99. The van der Waals surface area contributed by atoms with Crippen molar-refractivity contribution in [3.63, 3.8) is 0 Å². The molecule has 0 spiro atoms. The molecule has 0 amide bonds. The van der Waals surface area contributed by atoms with Gasteiger partial charge in [0.25, 0.3) is 0 Å². The van der Waals surface area contributed by atoms with Crippen molar-refractivity contribution in [2.45, 2.75) is 26.3 Å². The predicted molar refractivity (Wildman–Crippen MR) is 58.4 cm³/mol. The zero-order valence-electron chi connectivity index (χ0n) is 8.24. The fourth-order valence-corrected chi connectivity index (χ4v) is 1.54. The molecule has 1 aromatic carbocycles. The average Bonchev–Trinajstić information content (AvgIpc) is 2.15. The number of hydrogen-bond donors (Lipinski definition) is 0. The van der Waals surface area contributed by atoms with E-state index in [1.807, 2.05) is 18.2 Å². The van der Waals surface area contributed by atoms with Crippen LogP contribution in [0, 0.1) is 0 Å². The van der Waals surface area contributed by atoms with Crippen LogP contribution in [0.2, 0.25) is 5.02 Å². The normalized spacial score (nSPS) is 10.0. The van der Waals surface area contributed by atoms with Gasteiger partial charge in [0, 0.05) is 9.93 Å². The Bertz CT molecular complexity index is 368. The Morgan fingerprint density at radius 2 is 2.21 bits per heavy atom. The van der Waals surface area contributed by atoms with E-state index in [-0.39, 0.29) is 0 Å². The molecule has 0 atom stereocenters. The van der Waals surface area contributed by atoms with Crippen LogP contribution in [-0.4, -0.2) is 0 Å². The Morgan fingerprint density at radius 1 is 1.50 bits per heavy atom. The fourth-order valence-electron chi connectivity index (χ4n) is 1.36. The van der Waals surface area contributed by atoms with Gasteiger partial charge in [0.1, 0.15) is 0 Å². The number of azide groups is 1. The first kappa shape index (κ1) is 10.9. The van der Waals surface area contributed by atoms with Gasteiger partial charge in [-0.3, -0.25) is 0 Å². The molecule has 0 saturated heterocycles. The first-order valence-electron chi connectivity index (χ1n) is 4.44. The van der Waals surface area contributed by atoms with E-state index < -0.39 is 0 Å². The highest BCUT2D eigenvalue weighted by atomic mass is 35.5. The van der Waals surface area contributed by atoms with E-state index in [0.29, 0.717) is 12.5 Å². The van der Waals surface area contributed by atoms with Gasteiger partial charge < -0.3 is 0 Å². The first-order chi connectivity index (χ1) is 6.65. The molecule has 0 heterocycles. The molecule has 0 radical (unpaired) electrons. The van der Waals surface area contributed by atoms with Gasteiger partial charge in [-0.05, 0) is 34.7 Å². The summed E-state index contributed by atoms with van der Waals surface area (Å²) in [6, 6.07) is 5.65. The maximum Gasteiger partial charge on any atom is 0.0513 e. The molecule has 74 valence electrons. The van der Waals surface area contributed by atoms with Gasteiger partial charge in [0.2, 0.25) is 0 Å². The summed E-state index contributed by atoms with van der Waals surface area (Å²) in [6.45, 7) is 4.57. The molecular formula is C10H12ClN3. The minimum atomic E-state index is 0.387. The van der Waals surface area contributed by atoms with E-state index in [1.165, 1.54) is 0 Å². The highest BCUT2D eigenvalue weighted by molar-refractivity contribution is 6.30. The average molecular weight is 210 g/mol. The molecule has 0 bridgehead atoms. The van der Waals surface area contributed by atoms with Crippen LogP contribution in [0.4, 0.5) is 0 Å². The summed E-state index contributed by atoms with van der Waals surface area (Å²) in [6.07, 6.45) is 0. The summed E-state index contributed by atoms with van der Waals surface area (Å²) in [5, 5.41) is 4.27. The topological polar surface area (TPSA) is 48.8 Å². The minimum absolute atomic E-state index is 0.387. The van der Waals surface area contributed by atoms with E-state index in [2.05, 4.69) is 23.9 Å². The number of hydrogen-bond acceptors (Lipinski definition) is 1. The Hall–Kier alpha value is -1.18. The summed E-state index contributed by atoms with van der Waals surface area (Å²) in [4.78, 5) is 2.75. The van der Waals surface area contributed by atoms with Gasteiger partial charge in [-0.15, -0.1) is 0 Å². The molecule has 0 saturated carbocycles. The van der Waals surface area contributed by atoms with E-state index in [0.717, 1.165) is 16.1 Å². The Labute approximate surface area is 88.3 Å². The van der Waals surface area contributed by atoms with Crippen LogP contribution >= 0.6 is 11.6 Å². The molecule has 4 heteroatoms. The lowest BCUT2D eigenvalue weighted by Crippen LogP contribution is -1.94. The summed E-state index contributed by atoms with van der Waals surface area (Å²) < 4.78 is 0. The third kappa shape index (κ3) is 2.66. The smallest absolute Gasteiger partial charge is 0.0513 e. The van der Waals surface area contributed by atoms with Gasteiger partial charge in [-0.2, -0.15) is 0 Å². The Balaban J connectivity index is 3.07. The van der Waals surface area contributed by atoms with Gasteiger partial charge in [-0.1, -0.05) is 36.6 Å². The SMILES string of the molecule is CC(C)c1cc(Cl)ccc1CN=[N+]=[N-]. The van der Waals surface area contributed by atoms with Crippen molar-refractivity contribution in [2.75, 3.05) is 0 Å². The molecule has 3 nitrogen and oxygen atoms in total. The second kappa shape index (κ2) is 4.89. The standard InChI is InChI=1S/C10H12ClN3/c1-7(2)10-5-9(11)4-3-8(10)6-13-14-12/h3-5,7H,6H2,1-2H3. The van der Waals surface area contributed by atoms with Crippen molar-refractivity contribution in [1.82, 2.24) is 0 Å². The lowest BCUT2D eigenvalue weighted by atomic mass is 9.97. The fraction of sp³-hybridized carbons (Fsp3) is 0.400. The molecule has 0 fully saturated rings. The lowest BCUT2D eigenvalue weighted by Gasteiger charge is -2.11. The molecule has 0 aliphatic heterocycles. The van der Waals surface area contributed by atoms with Crippen molar-refractivity contribution in [3.05, 3.63) is 44.8 Å². The molecule has 1 aromatic rings. The second-order valence-corrected chi connectivity index (χ2v) is 3.82. The Morgan fingerprint density at radius 3 is 2.79 bits per heavy atom. The van der Waals surface area contributed by atoms with Crippen LogP contribution in [-0.2, 0) is 6.54 Å². The van der Waals surface area contributed by atoms with Crippen LogP contribution in [0.25, 0.3) is 10.4 Å². The number of nitrogens with zero attached hydrogens (tertiary/aromatic N) is 3. The summed E-state index contributed by atoms with van der Waals surface area (Å²) in [7, 11) is 0. The first-order valence-corrected chi connectivity index (χ1v) is 4.82. The third-order valence-electron chi connectivity index (χ3n) is 2.03. The predicted octanol–water partition coefficient (Wildman–Crippen LogP) is 4.27. The van der Waals surface area contributed by atoms with E-state index in [4.69, 9.17) is 17.1 Å². The summed E-state index contributed by atoms with van der Waals surface area (Å²) >= 11 is 5.89. The molecule has 0 aliphatic carbocycles. The van der Waals surface area contributed by atoms with Gasteiger partial charge >= 0.3 is 0 Å². The van der Waals surface area contributed by atoms with Crippen LogP contribution in [0.3, 0.4) is 0 Å². The number of halogens is 1. The van der Waals surface area contributed by atoms with Crippen LogP contribution in [0.1, 0.15) is 30.9 Å². The molecule has 1 rings (SSSR count). The monoisotopic (exact) mass is 209 g/mol. The van der Waals surface area contributed by atoms with Crippen LogP contribution in [0.15, 0.2) is 23.3 Å². The minimum Gasteiger partial charge on any atom is -0.0893 e. The van der Waals surface area contributed by atoms with Crippen LogP contribution < -0.4 is 0 Å². The van der Waals surface area contributed by atoms with Crippen LogP contribution in [0.5, 0.6) is 0 Å². The highest BCUT2D eigenvalue weighted by Crippen LogP contribution is 2.24. The quantitative estimate of drug-likeness (QED) is 0.406. The molecule has 0 aromatic heterocycles. The van der Waals surface area contributed by atoms with E-state index in [1.54, 1.807) is 0 Å². The summed E-state index contributed by atoms with van der Waals surface area (Å²) in [5.41, 5.74) is 10.4. The van der Waals surface area contributed by atoms with Crippen molar-refractivity contribution in [3.8, 4) is 0 Å². The summed E-state index contributed by atoms with van der Waals surface area (Å²) in [5.74, 6) is 0.387. The molecule has 14 heavy (non-hydrogen) atoms. The van der Waals surface area contributed by atoms with Gasteiger partial charge in [0.15, 0.2) is 0 Å². The van der Waals surface area contributed by atoms with Crippen molar-refractivity contribution in [1.29, 1.82) is 0 Å². The van der Waals surface area contributed by atoms with Gasteiger partial charge in [0.05, 0.1) is 6.54 Å².